The number of rotatable bonds is 6. The van der Waals surface area contributed by atoms with Crippen molar-refractivity contribution >= 4 is 17.8 Å². The quantitative estimate of drug-likeness (QED) is 0.742. The van der Waals surface area contributed by atoms with Gasteiger partial charge in [0.25, 0.3) is 0 Å². The molecule has 1 rings (SSSR count). The van der Waals surface area contributed by atoms with Gasteiger partial charge in [-0.15, -0.1) is 0 Å². The summed E-state index contributed by atoms with van der Waals surface area (Å²) in [7, 11) is 0. The third kappa shape index (κ3) is 4.34. The van der Waals surface area contributed by atoms with Gasteiger partial charge in [0.1, 0.15) is 6.04 Å². The van der Waals surface area contributed by atoms with Crippen molar-refractivity contribution in [2.45, 2.75) is 52.6 Å². The number of nitrogens with one attached hydrogen (secondary N) is 2. The van der Waals surface area contributed by atoms with Crippen LogP contribution in [0.2, 0.25) is 0 Å². The van der Waals surface area contributed by atoms with Crippen molar-refractivity contribution in [1.29, 1.82) is 0 Å². The number of carbonyl (C=O) groups is 3. The number of carboxylic acids is 1. The van der Waals surface area contributed by atoms with Gasteiger partial charge in [-0.05, 0) is 18.9 Å². The maximum Gasteiger partial charge on any atom is 0.334 e. The number of hydrogen-bond donors (Lipinski definition) is 3. The highest BCUT2D eigenvalue weighted by Crippen LogP contribution is 2.25. The minimum Gasteiger partial charge on any atom is -0.479 e. The standard InChI is InChI=1S/C18H26N2O4/c1-6-18(16(23)24,13-10-8-7-9-11-13)20-14(21)12(2)19-15(22)17(3,4)5/h7-12H,6H2,1-5H3,(H,19,22)(H,20,21)(H,23,24). The van der Waals surface area contributed by atoms with Gasteiger partial charge >= 0.3 is 5.97 Å². The van der Waals surface area contributed by atoms with E-state index in [0.29, 0.717) is 5.56 Å². The third-order valence-electron chi connectivity index (χ3n) is 3.92. The Morgan fingerprint density at radius 1 is 1.12 bits per heavy atom. The zero-order valence-electron chi connectivity index (χ0n) is 14.8. The minimum absolute atomic E-state index is 0.179. The molecule has 0 bridgehead atoms. The summed E-state index contributed by atoms with van der Waals surface area (Å²) in [4.78, 5) is 36.4. The van der Waals surface area contributed by atoms with Gasteiger partial charge in [-0.3, -0.25) is 9.59 Å². The molecule has 2 unspecified atom stereocenters. The molecule has 1 aromatic rings. The Kier molecular flexibility index (Phi) is 6.12. The van der Waals surface area contributed by atoms with Gasteiger partial charge in [0.15, 0.2) is 5.54 Å². The Labute approximate surface area is 142 Å². The van der Waals surface area contributed by atoms with E-state index < -0.39 is 28.9 Å². The molecular formula is C18H26N2O4. The number of carboxylic acid groups (broad SMARTS) is 1. The summed E-state index contributed by atoms with van der Waals surface area (Å²) in [5.74, 6) is -1.96. The second kappa shape index (κ2) is 7.47. The van der Waals surface area contributed by atoms with E-state index in [1.54, 1.807) is 58.0 Å². The van der Waals surface area contributed by atoms with Gasteiger partial charge in [-0.2, -0.15) is 0 Å². The lowest BCUT2D eigenvalue weighted by Gasteiger charge is -2.31. The average molecular weight is 334 g/mol. The fraction of sp³-hybridized carbons (Fsp3) is 0.500. The van der Waals surface area contributed by atoms with Crippen LogP contribution in [-0.4, -0.2) is 28.9 Å². The van der Waals surface area contributed by atoms with Crippen LogP contribution >= 0.6 is 0 Å². The van der Waals surface area contributed by atoms with Crippen LogP contribution < -0.4 is 10.6 Å². The topological polar surface area (TPSA) is 95.5 Å². The lowest BCUT2D eigenvalue weighted by atomic mass is 9.87. The molecule has 0 aliphatic carbocycles. The molecule has 1 aromatic carbocycles. The molecule has 6 nitrogen and oxygen atoms in total. The molecule has 2 atom stereocenters. The summed E-state index contributed by atoms with van der Waals surface area (Å²) < 4.78 is 0. The molecule has 0 aromatic heterocycles. The highest BCUT2D eigenvalue weighted by atomic mass is 16.4. The highest BCUT2D eigenvalue weighted by molar-refractivity contribution is 5.93. The van der Waals surface area contributed by atoms with Gasteiger partial charge in [0, 0.05) is 5.41 Å². The average Bonchev–Trinajstić information content (AvgIpc) is 2.51. The van der Waals surface area contributed by atoms with E-state index in [1.807, 2.05) is 0 Å². The first kappa shape index (κ1) is 19.7. The molecule has 132 valence electrons. The summed E-state index contributed by atoms with van der Waals surface area (Å²) in [6.45, 7) is 8.45. The van der Waals surface area contributed by atoms with Crippen molar-refractivity contribution in [1.82, 2.24) is 10.6 Å². The van der Waals surface area contributed by atoms with Gasteiger partial charge in [0.05, 0.1) is 0 Å². The Balaban J connectivity index is 3.02. The summed E-state index contributed by atoms with van der Waals surface area (Å²) in [6.07, 6.45) is 0.179. The van der Waals surface area contributed by atoms with E-state index in [-0.39, 0.29) is 12.3 Å². The van der Waals surface area contributed by atoms with Crippen LogP contribution in [0.25, 0.3) is 0 Å². The first-order valence-electron chi connectivity index (χ1n) is 7.96. The van der Waals surface area contributed by atoms with E-state index >= 15 is 0 Å². The number of carbonyl (C=O) groups excluding carboxylic acids is 2. The minimum atomic E-state index is -1.53. The molecule has 0 aliphatic rings. The molecule has 0 spiro atoms. The van der Waals surface area contributed by atoms with Gasteiger partial charge < -0.3 is 15.7 Å². The molecule has 6 heteroatoms. The lowest BCUT2D eigenvalue weighted by molar-refractivity contribution is -0.149. The molecular weight excluding hydrogens is 308 g/mol. The fourth-order valence-electron chi connectivity index (χ4n) is 2.21. The molecule has 0 fully saturated rings. The van der Waals surface area contributed by atoms with Crippen LogP contribution in [0.15, 0.2) is 30.3 Å². The molecule has 0 saturated heterocycles. The Bertz CT molecular complexity index is 607. The number of benzene rings is 1. The van der Waals surface area contributed by atoms with Crippen LogP contribution in [0.3, 0.4) is 0 Å². The van der Waals surface area contributed by atoms with Crippen molar-refractivity contribution in [2.24, 2.45) is 5.41 Å². The van der Waals surface area contributed by atoms with Crippen LogP contribution in [0.5, 0.6) is 0 Å². The smallest absolute Gasteiger partial charge is 0.334 e. The molecule has 0 heterocycles. The first-order chi connectivity index (χ1) is 11.0. The summed E-state index contributed by atoms with van der Waals surface area (Å²) in [6, 6.07) is 7.71. The van der Waals surface area contributed by atoms with E-state index in [0.717, 1.165) is 0 Å². The normalized spacial score (nSPS) is 15.0. The summed E-state index contributed by atoms with van der Waals surface area (Å²) in [5, 5.41) is 14.9. The van der Waals surface area contributed by atoms with Gasteiger partial charge in [-0.25, -0.2) is 4.79 Å². The first-order valence-corrected chi connectivity index (χ1v) is 7.96. The number of aliphatic carboxylic acids is 1. The summed E-state index contributed by atoms with van der Waals surface area (Å²) in [5.41, 5.74) is -1.68. The van der Waals surface area contributed by atoms with Crippen molar-refractivity contribution in [3.05, 3.63) is 35.9 Å². The molecule has 3 N–H and O–H groups in total. The second-order valence-corrected chi connectivity index (χ2v) is 6.86. The monoisotopic (exact) mass is 334 g/mol. The SMILES string of the molecule is CCC(NC(=O)C(C)NC(=O)C(C)(C)C)(C(=O)O)c1ccccc1. The zero-order chi connectivity index (χ0) is 18.5. The van der Waals surface area contributed by atoms with Crippen molar-refractivity contribution < 1.29 is 19.5 Å². The molecule has 0 aliphatic heterocycles. The van der Waals surface area contributed by atoms with Crippen molar-refractivity contribution in [3.8, 4) is 0 Å². The highest BCUT2D eigenvalue weighted by Gasteiger charge is 2.41. The van der Waals surface area contributed by atoms with E-state index in [9.17, 15) is 19.5 Å². The lowest BCUT2D eigenvalue weighted by Crippen LogP contribution is -2.57. The molecule has 0 saturated carbocycles. The maximum atomic E-state index is 12.5. The van der Waals surface area contributed by atoms with E-state index in [1.165, 1.54) is 6.92 Å². The predicted octanol–water partition coefficient (Wildman–Crippen LogP) is 2.04. The Morgan fingerprint density at radius 2 is 1.67 bits per heavy atom. The number of hydrogen-bond acceptors (Lipinski definition) is 3. The van der Waals surface area contributed by atoms with Crippen molar-refractivity contribution in [2.75, 3.05) is 0 Å². The van der Waals surface area contributed by atoms with E-state index in [4.69, 9.17) is 0 Å². The molecule has 2 amide bonds. The molecule has 0 radical (unpaired) electrons. The van der Waals surface area contributed by atoms with Gasteiger partial charge in [-0.1, -0.05) is 58.0 Å². The van der Waals surface area contributed by atoms with Crippen LogP contribution in [-0.2, 0) is 19.9 Å². The fourth-order valence-corrected chi connectivity index (χ4v) is 2.21. The summed E-state index contributed by atoms with van der Waals surface area (Å²) >= 11 is 0. The van der Waals surface area contributed by atoms with Crippen LogP contribution in [0, 0.1) is 5.41 Å². The zero-order valence-corrected chi connectivity index (χ0v) is 14.8. The maximum absolute atomic E-state index is 12.5. The van der Waals surface area contributed by atoms with Gasteiger partial charge in [0.2, 0.25) is 11.8 Å². The molecule has 24 heavy (non-hydrogen) atoms. The number of amides is 2. The van der Waals surface area contributed by atoms with Crippen LogP contribution in [0.1, 0.15) is 46.6 Å². The predicted molar refractivity (Wildman–Crippen MR) is 91.2 cm³/mol. The largest absolute Gasteiger partial charge is 0.479 e. The van der Waals surface area contributed by atoms with Crippen LogP contribution in [0.4, 0.5) is 0 Å². The Hall–Kier alpha value is -2.37. The second-order valence-electron chi connectivity index (χ2n) is 6.86. The third-order valence-corrected chi connectivity index (χ3v) is 3.92. The van der Waals surface area contributed by atoms with Crippen molar-refractivity contribution in [3.63, 3.8) is 0 Å². The van der Waals surface area contributed by atoms with E-state index in [2.05, 4.69) is 10.6 Å². The Morgan fingerprint density at radius 3 is 2.08 bits per heavy atom.